The molecule has 0 aromatic heterocycles. The second-order valence-corrected chi connectivity index (χ2v) is 6.06. The minimum absolute atomic E-state index is 0.765. The summed E-state index contributed by atoms with van der Waals surface area (Å²) in [6.07, 6.45) is 5.31. The molecular weight excluding hydrogens is 262 g/mol. The second kappa shape index (κ2) is 10.9. The van der Waals surface area contributed by atoms with E-state index in [0.29, 0.717) is 0 Å². The summed E-state index contributed by atoms with van der Waals surface area (Å²) >= 11 is 0. The van der Waals surface area contributed by atoms with Gasteiger partial charge in [-0.15, -0.1) is 0 Å². The van der Waals surface area contributed by atoms with Crippen LogP contribution in [0.1, 0.15) is 39.5 Å². The molecule has 5 nitrogen and oxygen atoms in total. The topological polar surface area (TPSA) is 42.9 Å². The van der Waals surface area contributed by atoms with Gasteiger partial charge in [-0.25, -0.2) is 0 Å². The van der Waals surface area contributed by atoms with Crippen molar-refractivity contribution in [3.05, 3.63) is 0 Å². The van der Waals surface area contributed by atoms with Crippen LogP contribution in [0, 0.1) is 0 Å². The number of likely N-dealkylation sites (tertiary alicyclic amines) is 1. The van der Waals surface area contributed by atoms with Gasteiger partial charge in [-0.1, -0.05) is 13.3 Å². The molecule has 1 fully saturated rings. The van der Waals surface area contributed by atoms with Crippen LogP contribution in [0.4, 0.5) is 0 Å². The molecule has 124 valence electrons. The van der Waals surface area contributed by atoms with E-state index in [1.807, 2.05) is 7.05 Å². The van der Waals surface area contributed by atoms with Crippen LogP contribution in [0.5, 0.6) is 0 Å². The zero-order valence-corrected chi connectivity index (χ0v) is 14.5. The van der Waals surface area contributed by atoms with E-state index in [2.05, 4.69) is 46.3 Å². The first kappa shape index (κ1) is 18.2. The number of likely N-dealkylation sites (N-methyl/N-ethyl adjacent to an activating group) is 1. The first-order valence-electron chi connectivity index (χ1n) is 8.54. The van der Waals surface area contributed by atoms with E-state index in [1.54, 1.807) is 0 Å². The standard InChI is InChI=1S/C16H35N5/c1-5-20(4)14-11-19-16(17-3)18-10-8-13-21-12-7-6-9-15(21)2/h15H,5-14H2,1-4H3,(H2,17,18,19). The van der Waals surface area contributed by atoms with Gasteiger partial charge in [0.2, 0.25) is 0 Å². The molecule has 1 unspecified atom stereocenters. The Labute approximate surface area is 131 Å². The molecule has 1 aliphatic rings. The summed E-state index contributed by atoms with van der Waals surface area (Å²) in [5.74, 6) is 0.922. The first-order chi connectivity index (χ1) is 10.2. The molecule has 0 aliphatic carbocycles. The minimum atomic E-state index is 0.765. The summed E-state index contributed by atoms with van der Waals surface area (Å²) in [5, 5.41) is 6.77. The van der Waals surface area contributed by atoms with Crippen molar-refractivity contribution in [2.24, 2.45) is 4.99 Å². The van der Waals surface area contributed by atoms with Gasteiger partial charge in [0.25, 0.3) is 0 Å². The Hall–Kier alpha value is -0.810. The smallest absolute Gasteiger partial charge is 0.191 e. The summed E-state index contributed by atoms with van der Waals surface area (Å²) in [6.45, 7) is 11.1. The Morgan fingerprint density at radius 3 is 2.71 bits per heavy atom. The van der Waals surface area contributed by atoms with Crippen LogP contribution in [0.15, 0.2) is 4.99 Å². The predicted molar refractivity (Wildman–Crippen MR) is 92.0 cm³/mol. The van der Waals surface area contributed by atoms with E-state index < -0.39 is 0 Å². The average Bonchev–Trinajstić information content (AvgIpc) is 2.51. The van der Waals surface area contributed by atoms with Gasteiger partial charge < -0.3 is 20.4 Å². The van der Waals surface area contributed by atoms with Crippen molar-refractivity contribution in [2.75, 3.05) is 53.4 Å². The molecule has 2 N–H and O–H groups in total. The van der Waals surface area contributed by atoms with Crippen LogP contribution >= 0.6 is 0 Å². The summed E-state index contributed by atoms with van der Waals surface area (Å²) in [5.41, 5.74) is 0. The van der Waals surface area contributed by atoms with E-state index >= 15 is 0 Å². The molecule has 5 heteroatoms. The van der Waals surface area contributed by atoms with Crippen molar-refractivity contribution < 1.29 is 0 Å². The van der Waals surface area contributed by atoms with Gasteiger partial charge in [0.1, 0.15) is 0 Å². The lowest BCUT2D eigenvalue weighted by atomic mass is 10.0. The molecular formula is C16H35N5. The van der Waals surface area contributed by atoms with E-state index in [9.17, 15) is 0 Å². The van der Waals surface area contributed by atoms with Gasteiger partial charge in [0.15, 0.2) is 5.96 Å². The maximum absolute atomic E-state index is 4.27. The van der Waals surface area contributed by atoms with Crippen LogP contribution in [0.25, 0.3) is 0 Å². The van der Waals surface area contributed by atoms with Crippen LogP contribution in [0.2, 0.25) is 0 Å². The molecule has 0 saturated carbocycles. The van der Waals surface area contributed by atoms with E-state index in [1.165, 1.54) is 38.8 Å². The van der Waals surface area contributed by atoms with Crippen LogP contribution < -0.4 is 10.6 Å². The second-order valence-electron chi connectivity index (χ2n) is 6.06. The summed E-state index contributed by atoms with van der Waals surface area (Å²) in [6, 6.07) is 0.765. The Morgan fingerprint density at radius 2 is 2.05 bits per heavy atom. The number of piperidine rings is 1. The van der Waals surface area contributed by atoms with Gasteiger partial charge in [0, 0.05) is 39.3 Å². The van der Waals surface area contributed by atoms with E-state index in [-0.39, 0.29) is 0 Å². The zero-order valence-electron chi connectivity index (χ0n) is 14.5. The van der Waals surface area contributed by atoms with Crippen LogP contribution in [-0.4, -0.2) is 75.2 Å². The van der Waals surface area contributed by atoms with Gasteiger partial charge in [-0.2, -0.15) is 0 Å². The molecule has 1 rings (SSSR count). The molecule has 0 spiro atoms. The number of nitrogens with zero attached hydrogens (tertiary/aromatic N) is 3. The van der Waals surface area contributed by atoms with Crippen molar-refractivity contribution in [1.82, 2.24) is 20.4 Å². The molecule has 1 atom stereocenters. The molecule has 1 aliphatic heterocycles. The number of nitrogens with one attached hydrogen (secondary N) is 2. The largest absolute Gasteiger partial charge is 0.356 e. The van der Waals surface area contributed by atoms with Crippen LogP contribution in [0.3, 0.4) is 0 Å². The van der Waals surface area contributed by atoms with Crippen molar-refractivity contribution in [3.63, 3.8) is 0 Å². The quantitative estimate of drug-likeness (QED) is 0.403. The molecule has 0 aromatic rings. The number of rotatable bonds is 8. The van der Waals surface area contributed by atoms with Crippen molar-refractivity contribution >= 4 is 5.96 Å². The highest BCUT2D eigenvalue weighted by Crippen LogP contribution is 2.15. The van der Waals surface area contributed by atoms with Gasteiger partial charge in [0.05, 0.1) is 0 Å². The molecule has 0 aromatic carbocycles. The van der Waals surface area contributed by atoms with Crippen molar-refractivity contribution in [1.29, 1.82) is 0 Å². The normalized spacial score (nSPS) is 20.8. The maximum atomic E-state index is 4.27. The highest BCUT2D eigenvalue weighted by molar-refractivity contribution is 5.79. The Kier molecular flexibility index (Phi) is 9.42. The Morgan fingerprint density at radius 1 is 1.29 bits per heavy atom. The highest BCUT2D eigenvalue weighted by Gasteiger charge is 2.16. The minimum Gasteiger partial charge on any atom is -0.356 e. The number of aliphatic imine (C=N–C) groups is 1. The monoisotopic (exact) mass is 297 g/mol. The summed E-state index contributed by atoms with van der Waals surface area (Å²) < 4.78 is 0. The molecule has 0 bridgehead atoms. The zero-order chi connectivity index (χ0) is 15.5. The lowest BCUT2D eigenvalue weighted by molar-refractivity contribution is 0.159. The van der Waals surface area contributed by atoms with Gasteiger partial charge in [-0.3, -0.25) is 4.99 Å². The van der Waals surface area contributed by atoms with Crippen molar-refractivity contribution in [2.45, 2.75) is 45.6 Å². The lowest BCUT2D eigenvalue weighted by Crippen LogP contribution is -2.43. The third kappa shape index (κ3) is 7.67. The van der Waals surface area contributed by atoms with Crippen LogP contribution in [-0.2, 0) is 0 Å². The molecule has 1 saturated heterocycles. The third-order valence-corrected chi connectivity index (χ3v) is 4.40. The van der Waals surface area contributed by atoms with E-state index in [4.69, 9.17) is 0 Å². The Balaban J connectivity index is 2.09. The SMILES string of the molecule is CCN(C)CCNC(=NC)NCCCN1CCCCC1C. The molecule has 1 heterocycles. The number of guanidine groups is 1. The highest BCUT2D eigenvalue weighted by atomic mass is 15.2. The third-order valence-electron chi connectivity index (χ3n) is 4.40. The summed E-state index contributed by atoms with van der Waals surface area (Å²) in [4.78, 5) is 9.18. The van der Waals surface area contributed by atoms with Gasteiger partial charge in [-0.05, 0) is 46.3 Å². The lowest BCUT2D eigenvalue weighted by Gasteiger charge is -2.33. The predicted octanol–water partition coefficient (Wildman–Crippen LogP) is 1.37. The fourth-order valence-electron chi connectivity index (χ4n) is 2.72. The molecule has 0 radical (unpaired) electrons. The molecule has 21 heavy (non-hydrogen) atoms. The summed E-state index contributed by atoms with van der Waals surface area (Å²) in [7, 11) is 3.98. The fourth-order valence-corrected chi connectivity index (χ4v) is 2.72. The van der Waals surface area contributed by atoms with Gasteiger partial charge >= 0.3 is 0 Å². The van der Waals surface area contributed by atoms with Crippen molar-refractivity contribution in [3.8, 4) is 0 Å². The molecule has 0 amide bonds. The fraction of sp³-hybridized carbons (Fsp3) is 0.938. The maximum Gasteiger partial charge on any atom is 0.191 e. The first-order valence-corrected chi connectivity index (χ1v) is 8.54. The van der Waals surface area contributed by atoms with E-state index in [0.717, 1.165) is 38.2 Å². The number of hydrogen-bond donors (Lipinski definition) is 2. The number of hydrogen-bond acceptors (Lipinski definition) is 3. The average molecular weight is 297 g/mol. The Bertz CT molecular complexity index is 292.